The summed E-state index contributed by atoms with van der Waals surface area (Å²) in [5.74, 6) is -0.211. The predicted molar refractivity (Wildman–Crippen MR) is 118 cm³/mol. The van der Waals surface area contributed by atoms with Gasteiger partial charge in [0.1, 0.15) is 21.9 Å². The zero-order chi connectivity index (χ0) is 21.7. The molecule has 0 aliphatic carbocycles. The van der Waals surface area contributed by atoms with Crippen LogP contribution in [-0.4, -0.2) is 40.5 Å². The van der Waals surface area contributed by atoms with Crippen LogP contribution in [0.4, 0.5) is 5.00 Å². The van der Waals surface area contributed by atoms with Gasteiger partial charge < -0.3 is 19.6 Å². The van der Waals surface area contributed by atoms with Gasteiger partial charge in [-0.3, -0.25) is 9.78 Å². The van der Waals surface area contributed by atoms with E-state index in [1.807, 2.05) is 31.2 Å². The molecule has 0 spiro atoms. The zero-order valence-electron chi connectivity index (χ0n) is 16.2. The number of aromatic nitrogens is 2. The number of hydrogen-bond donors (Lipinski definition) is 3. The van der Waals surface area contributed by atoms with E-state index in [0.29, 0.717) is 17.2 Å². The number of esters is 1. The summed E-state index contributed by atoms with van der Waals surface area (Å²) in [6, 6.07) is 7.32. The molecular formula is C20H19N3O5S2. The van der Waals surface area contributed by atoms with Gasteiger partial charge in [-0.15, -0.1) is 11.3 Å². The highest BCUT2D eigenvalue weighted by molar-refractivity contribution is 7.71. The van der Waals surface area contributed by atoms with Gasteiger partial charge in [0.25, 0.3) is 5.56 Å². The summed E-state index contributed by atoms with van der Waals surface area (Å²) < 4.78 is 10.7. The van der Waals surface area contributed by atoms with Gasteiger partial charge >= 0.3 is 5.97 Å². The molecule has 2 aromatic heterocycles. The summed E-state index contributed by atoms with van der Waals surface area (Å²) in [4.78, 5) is 33.7. The van der Waals surface area contributed by atoms with E-state index in [1.54, 1.807) is 12.3 Å². The average molecular weight is 446 g/mol. The predicted octanol–water partition coefficient (Wildman–Crippen LogP) is 4.19. The maximum absolute atomic E-state index is 12.6. The van der Waals surface area contributed by atoms with Crippen LogP contribution in [0.15, 0.2) is 39.4 Å². The number of nitrogens with one attached hydrogen (secondary N) is 2. The summed E-state index contributed by atoms with van der Waals surface area (Å²) >= 11 is 6.03. The monoisotopic (exact) mass is 445 g/mol. The number of ether oxygens (including phenoxy) is 2. The number of hydrogen-bond acceptors (Lipinski definition) is 8. The second-order valence-corrected chi connectivity index (χ2v) is 7.20. The molecule has 3 rings (SSSR count). The van der Waals surface area contributed by atoms with E-state index in [-0.39, 0.29) is 22.5 Å². The lowest BCUT2D eigenvalue weighted by molar-refractivity contribution is 0.0529. The molecule has 0 radical (unpaired) electrons. The first-order valence-electron chi connectivity index (χ1n) is 9.06. The molecule has 0 saturated heterocycles. The molecule has 156 valence electrons. The maximum Gasteiger partial charge on any atom is 0.341 e. The fourth-order valence-corrected chi connectivity index (χ4v) is 3.78. The number of thiophene rings is 1. The molecule has 0 aliphatic rings. The number of carbonyl (C=O) groups is 1. The van der Waals surface area contributed by atoms with Gasteiger partial charge in [0, 0.05) is 17.2 Å². The number of aromatic amines is 2. The number of benzene rings is 1. The lowest BCUT2D eigenvalue weighted by atomic mass is 10.0. The molecule has 0 amide bonds. The van der Waals surface area contributed by atoms with Crippen molar-refractivity contribution in [3.8, 4) is 22.8 Å². The van der Waals surface area contributed by atoms with Crippen LogP contribution >= 0.6 is 23.6 Å². The lowest BCUT2D eigenvalue weighted by Crippen LogP contribution is -2.13. The van der Waals surface area contributed by atoms with E-state index in [0.717, 1.165) is 11.3 Å². The van der Waals surface area contributed by atoms with Crippen LogP contribution < -0.4 is 10.3 Å². The summed E-state index contributed by atoms with van der Waals surface area (Å²) in [7, 11) is 0. The highest BCUT2D eigenvalue weighted by Gasteiger charge is 2.21. The van der Waals surface area contributed by atoms with Gasteiger partial charge in [0.2, 0.25) is 5.88 Å². The fraction of sp³-hybridized carbons (Fsp3) is 0.200. The minimum atomic E-state index is -0.596. The first kappa shape index (κ1) is 21.5. The molecule has 2 heterocycles. The Morgan fingerprint density at radius 2 is 1.97 bits per heavy atom. The SMILES string of the molecule is CCOC(=O)c1c(-c2ccc(OCC)cc2)csc1N=Cc1c(O)[nH]c(=S)[nH]c1=O. The maximum atomic E-state index is 12.6. The Morgan fingerprint density at radius 3 is 2.60 bits per heavy atom. The van der Waals surface area contributed by atoms with Crippen LogP contribution in [0, 0.1) is 4.77 Å². The standard InChI is InChI=1S/C20H19N3O5S2/c1-3-27-12-7-5-11(6-8-12)14-10-30-18(15(14)19(26)28-4-2)21-9-13-16(24)22-20(29)23-17(13)25/h5-10H,3-4H2,1-2H3,(H3,22,23,24,25,29). The molecule has 1 aromatic carbocycles. The summed E-state index contributed by atoms with van der Waals surface area (Å²) in [6.45, 7) is 4.38. The molecule has 8 nitrogen and oxygen atoms in total. The number of nitrogens with zero attached hydrogens (tertiary/aromatic N) is 1. The highest BCUT2D eigenvalue weighted by Crippen LogP contribution is 2.38. The lowest BCUT2D eigenvalue weighted by Gasteiger charge is -2.07. The van der Waals surface area contributed by atoms with Crippen LogP contribution in [0.2, 0.25) is 0 Å². The van der Waals surface area contributed by atoms with Crippen molar-refractivity contribution < 1.29 is 19.4 Å². The molecule has 3 N–H and O–H groups in total. The second-order valence-electron chi connectivity index (χ2n) is 5.94. The minimum Gasteiger partial charge on any atom is -0.494 e. The van der Waals surface area contributed by atoms with Crippen molar-refractivity contribution >= 4 is 40.7 Å². The van der Waals surface area contributed by atoms with Crippen LogP contribution in [-0.2, 0) is 4.74 Å². The van der Waals surface area contributed by atoms with Crippen LogP contribution in [0.5, 0.6) is 11.6 Å². The normalized spacial score (nSPS) is 11.0. The number of aromatic hydroxyl groups is 1. The van der Waals surface area contributed by atoms with Crippen LogP contribution in [0.1, 0.15) is 29.8 Å². The molecule has 0 unspecified atom stereocenters. The Kier molecular flexibility index (Phi) is 6.80. The molecule has 10 heteroatoms. The van der Waals surface area contributed by atoms with E-state index in [4.69, 9.17) is 21.7 Å². The Morgan fingerprint density at radius 1 is 1.23 bits per heavy atom. The van der Waals surface area contributed by atoms with Crippen molar-refractivity contribution in [1.29, 1.82) is 0 Å². The van der Waals surface area contributed by atoms with E-state index >= 15 is 0 Å². The Balaban J connectivity index is 2.04. The van der Waals surface area contributed by atoms with Gasteiger partial charge in [0.05, 0.1) is 13.2 Å². The third-order valence-corrected chi connectivity index (χ3v) is 5.09. The van der Waals surface area contributed by atoms with Crippen molar-refractivity contribution in [2.24, 2.45) is 4.99 Å². The number of H-pyrrole nitrogens is 2. The van der Waals surface area contributed by atoms with Crippen molar-refractivity contribution in [3.05, 3.63) is 55.9 Å². The molecule has 0 bridgehead atoms. The summed E-state index contributed by atoms with van der Waals surface area (Å²) in [5.41, 5.74) is 1.03. The van der Waals surface area contributed by atoms with Crippen LogP contribution in [0.3, 0.4) is 0 Å². The third-order valence-electron chi connectivity index (χ3n) is 4.00. The molecule has 0 atom stereocenters. The third kappa shape index (κ3) is 4.66. The Hall–Kier alpha value is -3.24. The number of aliphatic imine (C=N–C) groups is 1. The first-order chi connectivity index (χ1) is 14.4. The molecular weight excluding hydrogens is 426 g/mol. The molecule has 3 aromatic rings. The summed E-state index contributed by atoms with van der Waals surface area (Å²) in [5, 5.41) is 12.1. The van der Waals surface area contributed by atoms with Crippen LogP contribution in [0.25, 0.3) is 11.1 Å². The second kappa shape index (κ2) is 9.51. The van der Waals surface area contributed by atoms with Crippen molar-refractivity contribution in [1.82, 2.24) is 9.97 Å². The summed E-state index contributed by atoms with van der Waals surface area (Å²) in [6.07, 6.45) is 1.18. The van der Waals surface area contributed by atoms with Crippen molar-refractivity contribution in [3.63, 3.8) is 0 Å². The smallest absolute Gasteiger partial charge is 0.341 e. The van der Waals surface area contributed by atoms with Crippen molar-refractivity contribution in [2.75, 3.05) is 13.2 Å². The molecule has 0 saturated carbocycles. The topological polar surface area (TPSA) is 117 Å². The van der Waals surface area contributed by atoms with Gasteiger partial charge in [0.15, 0.2) is 4.77 Å². The Bertz CT molecular complexity index is 1190. The molecule has 0 aliphatic heterocycles. The Labute approximate surface area is 180 Å². The zero-order valence-corrected chi connectivity index (χ0v) is 17.9. The number of rotatable bonds is 7. The van der Waals surface area contributed by atoms with Gasteiger partial charge in [-0.1, -0.05) is 12.1 Å². The number of carbonyl (C=O) groups excluding carboxylic acids is 1. The molecule has 0 fully saturated rings. The fourth-order valence-electron chi connectivity index (χ4n) is 2.68. The first-order valence-corrected chi connectivity index (χ1v) is 10.3. The van der Waals surface area contributed by atoms with E-state index in [1.165, 1.54) is 17.6 Å². The van der Waals surface area contributed by atoms with Gasteiger partial charge in [-0.2, -0.15) is 0 Å². The van der Waals surface area contributed by atoms with Gasteiger partial charge in [-0.05, 0) is 43.8 Å². The van der Waals surface area contributed by atoms with E-state index < -0.39 is 17.4 Å². The quantitative estimate of drug-likeness (QED) is 0.285. The largest absolute Gasteiger partial charge is 0.494 e. The minimum absolute atomic E-state index is 0.00391. The van der Waals surface area contributed by atoms with Crippen molar-refractivity contribution in [2.45, 2.75) is 13.8 Å². The average Bonchev–Trinajstić information content (AvgIpc) is 3.12. The van der Waals surface area contributed by atoms with E-state index in [9.17, 15) is 14.7 Å². The highest BCUT2D eigenvalue weighted by atomic mass is 32.1. The van der Waals surface area contributed by atoms with Gasteiger partial charge in [-0.25, -0.2) is 9.79 Å². The van der Waals surface area contributed by atoms with E-state index in [2.05, 4.69) is 15.0 Å². The molecule has 30 heavy (non-hydrogen) atoms.